The molecule has 0 saturated heterocycles. The van der Waals surface area contributed by atoms with Gasteiger partial charge in [-0.15, -0.1) is 11.3 Å². The van der Waals surface area contributed by atoms with Gasteiger partial charge in [-0.1, -0.05) is 48.5 Å². The summed E-state index contributed by atoms with van der Waals surface area (Å²) in [4.78, 5) is 24.9. The van der Waals surface area contributed by atoms with Gasteiger partial charge in [0.05, 0.1) is 19.1 Å². The van der Waals surface area contributed by atoms with Crippen LogP contribution >= 0.6 is 11.3 Å². The average molecular weight is 422 g/mol. The fraction of sp³-hybridized carbons (Fsp3) is 0.167. The third-order valence-corrected chi connectivity index (χ3v) is 5.19. The molecule has 2 aromatic carbocycles. The van der Waals surface area contributed by atoms with Gasteiger partial charge in [0.1, 0.15) is 12.4 Å². The molecule has 0 aliphatic rings. The second kappa shape index (κ2) is 11.0. The minimum absolute atomic E-state index is 0.128. The van der Waals surface area contributed by atoms with Gasteiger partial charge in [-0.25, -0.2) is 0 Å². The van der Waals surface area contributed by atoms with Crippen LogP contribution in [0.5, 0.6) is 5.75 Å². The Labute approximate surface area is 180 Å². The number of amides is 1. The molecule has 0 atom stereocenters. The topological polar surface area (TPSA) is 64.6 Å². The van der Waals surface area contributed by atoms with Crippen LogP contribution in [-0.4, -0.2) is 25.5 Å². The van der Waals surface area contributed by atoms with Crippen molar-refractivity contribution in [2.24, 2.45) is 0 Å². The first kappa shape index (κ1) is 21.3. The second-order valence-corrected chi connectivity index (χ2v) is 7.41. The van der Waals surface area contributed by atoms with E-state index >= 15 is 0 Å². The maximum absolute atomic E-state index is 12.8. The Bertz CT molecular complexity index is 997. The summed E-state index contributed by atoms with van der Waals surface area (Å²) in [7, 11) is 1.33. The van der Waals surface area contributed by atoms with Crippen molar-refractivity contribution in [1.29, 1.82) is 0 Å². The van der Waals surface area contributed by atoms with Crippen LogP contribution in [0.1, 0.15) is 22.4 Å². The molecule has 154 valence electrons. The monoisotopic (exact) mass is 421 g/mol. The van der Waals surface area contributed by atoms with Gasteiger partial charge in [0.2, 0.25) is 0 Å². The Morgan fingerprint density at radius 2 is 1.87 bits per heavy atom. The van der Waals surface area contributed by atoms with Crippen LogP contribution in [0.2, 0.25) is 0 Å². The number of hydrogen-bond acceptors (Lipinski definition) is 5. The fourth-order valence-electron chi connectivity index (χ4n) is 2.76. The van der Waals surface area contributed by atoms with Crippen molar-refractivity contribution in [3.05, 3.63) is 88.1 Å². The number of rotatable bonds is 9. The molecular formula is C24H23NO4S. The predicted molar refractivity (Wildman–Crippen MR) is 119 cm³/mol. The molecule has 5 nitrogen and oxygen atoms in total. The summed E-state index contributed by atoms with van der Waals surface area (Å²) in [6.45, 7) is 0.689. The molecule has 0 bridgehead atoms. The number of ether oxygens (including phenoxy) is 2. The van der Waals surface area contributed by atoms with Crippen molar-refractivity contribution in [2.45, 2.75) is 13.0 Å². The molecule has 6 heteroatoms. The van der Waals surface area contributed by atoms with Crippen LogP contribution in [0.25, 0.3) is 11.6 Å². The molecule has 3 aromatic rings. The normalized spacial score (nSPS) is 11.0. The van der Waals surface area contributed by atoms with E-state index in [4.69, 9.17) is 4.74 Å². The zero-order chi connectivity index (χ0) is 21.2. The van der Waals surface area contributed by atoms with Crippen LogP contribution in [0.15, 0.2) is 72.1 Å². The Kier molecular flexibility index (Phi) is 7.80. The number of benzene rings is 2. The molecular weight excluding hydrogens is 398 g/mol. The molecule has 0 fully saturated rings. The lowest BCUT2D eigenvalue weighted by Gasteiger charge is -2.09. The summed E-state index contributed by atoms with van der Waals surface area (Å²) in [6.07, 6.45) is 1.96. The van der Waals surface area contributed by atoms with Gasteiger partial charge < -0.3 is 14.8 Å². The minimum Gasteiger partial charge on any atom is -0.489 e. The zero-order valence-corrected chi connectivity index (χ0v) is 17.5. The molecule has 0 spiro atoms. The molecule has 0 aliphatic carbocycles. The Balaban J connectivity index is 1.74. The highest BCUT2D eigenvalue weighted by molar-refractivity contribution is 7.11. The summed E-state index contributed by atoms with van der Waals surface area (Å²) in [5, 5.41) is 4.71. The zero-order valence-electron chi connectivity index (χ0n) is 16.7. The maximum Gasteiger partial charge on any atom is 0.307 e. The van der Waals surface area contributed by atoms with Crippen molar-refractivity contribution in [1.82, 2.24) is 5.32 Å². The van der Waals surface area contributed by atoms with E-state index in [1.807, 2.05) is 78.2 Å². The van der Waals surface area contributed by atoms with E-state index in [9.17, 15) is 9.59 Å². The van der Waals surface area contributed by atoms with Crippen molar-refractivity contribution < 1.29 is 19.1 Å². The highest BCUT2D eigenvalue weighted by atomic mass is 32.1. The molecule has 3 rings (SSSR count). The van der Waals surface area contributed by atoms with Crippen LogP contribution in [-0.2, 0) is 20.9 Å². The first-order valence-corrected chi connectivity index (χ1v) is 10.4. The van der Waals surface area contributed by atoms with E-state index in [1.165, 1.54) is 18.4 Å². The smallest absolute Gasteiger partial charge is 0.307 e. The highest BCUT2D eigenvalue weighted by Crippen LogP contribution is 2.25. The van der Waals surface area contributed by atoms with Gasteiger partial charge in [0.25, 0.3) is 5.91 Å². The Morgan fingerprint density at radius 3 is 2.60 bits per heavy atom. The molecule has 1 aromatic heterocycles. The SMILES string of the molecule is COC(=O)CCNC(=O)/C(=C/c1cccc(OCc2ccccc2)c1)c1cccs1. The lowest BCUT2D eigenvalue weighted by Crippen LogP contribution is -2.26. The first-order valence-electron chi connectivity index (χ1n) is 9.53. The molecule has 30 heavy (non-hydrogen) atoms. The van der Waals surface area contributed by atoms with Crippen molar-refractivity contribution >= 4 is 34.9 Å². The van der Waals surface area contributed by atoms with Crippen LogP contribution in [0.3, 0.4) is 0 Å². The fourth-order valence-corrected chi connectivity index (χ4v) is 3.50. The minimum atomic E-state index is -0.361. The Morgan fingerprint density at radius 1 is 1.03 bits per heavy atom. The molecule has 1 N–H and O–H groups in total. The number of hydrogen-bond donors (Lipinski definition) is 1. The predicted octanol–water partition coefficient (Wildman–Crippen LogP) is 4.55. The quantitative estimate of drug-likeness (QED) is 0.407. The third kappa shape index (κ3) is 6.32. The van der Waals surface area contributed by atoms with E-state index in [-0.39, 0.29) is 24.8 Å². The van der Waals surface area contributed by atoms with Gasteiger partial charge >= 0.3 is 5.97 Å². The number of esters is 1. The van der Waals surface area contributed by atoms with Gasteiger partial charge in [-0.05, 0) is 40.8 Å². The summed E-state index contributed by atoms with van der Waals surface area (Å²) in [6, 6.07) is 21.3. The van der Waals surface area contributed by atoms with E-state index in [1.54, 1.807) is 0 Å². The largest absolute Gasteiger partial charge is 0.489 e. The first-order chi connectivity index (χ1) is 14.7. The number of methoxy groups -OCH3 is 1. The molecule has 0 saturated carbocycles. The van der Waals surface area contributed by atoms with E-state index in [0.717, 1.165) is 21.8 Å². The summed E-state index contributed by atoms with van der Waals surface area (Å²) < 4.78 is 10.5. The molecule has 0 unspecified atom stereocenters. The third-order valence-electron chi connectivity index (χ3n) is 4.29. The van der Waals surface area contributed by atoms with Crippen molar-refractivity contribution in [3.8, 4) is 5.75 Å². The summed E-state index contributed by atoms with van der Waals surface area (Å²) in [5.41, 5.74) is 2.48. The second-order valence-electron chi connectivity index (χ2n) is 6.46. The highest BCUT2D eigenvalue weighted by Gasteiger charge is 2.14. The number of carbonyl (C=O) groups is 2. The van der Waals surface area contributed by atoms with Crippen molar-refractivity contribution in [2.75, 3.05) is 13.7 Å². The van der Waals surface area contributed by atoms with Gasteiger partial charge in [0, 0.05) is 11.4 Å². The number of nitrogens with one attached hydrogen (secondary N) is 1. The van der Waals surface area contributed by atoms with E-state index in [2.05, 4.69) is 10.1 Å². The number of thiophene rings is 1. The standard InChI is InChI=1S/C24H23NO4S/c1-28-23(26)12-13-25-24(27)21(22-11-6-14-30-22)16-19-9-5-10-20(15-19)29-17-18-7-3-2-4-8-18/h2-11,14-16H,12-13,17H2,1H3,(H,25,27)/b21-16+. The molecule has 0 aliphatic heterocycles. The summed E-state index contributed by atoms with van der Waals surface area (Å²) in [5.74, 6) is 0.126. The van der Waals surface area contributed by atoms with Gasteiger partial charge in [-0.3, -0.25) is 9.59 Å². The maximum atomic E-state index is 12.8. The lowest BCUT2D eigenvalue weighted by atomic mass is 10.1. The van der Waals surface area contributed by atoms with E-state index < -0.39 is 0 Å². The van der Waals surface area contributed by atoms with Gasteiger partial charge in [0.15, 0.2) is 0 Å². The van der Waals surface area contributed by atoms with Crippen LogP contribution in [0.4, 0.5) is 0 Å². The Hall–Kier alpha value is -3.38. The summed E-state index contributed by atoms with van der Waals surface area (Å²) >= 11 is 1.48. The van der Waals surface area contributed by atoms with E-state index in [0.29, 0.717) is 12.2 Å². The molecule has 1 amide bonds. The molecule has 0 radical (unpaired) electrons. The molecule has 1 heterocycles. The number of carbonyl (C=O) groups excluding carboxylic acids is 2. The van der Waals surface area contributed by atoms with Crippen molar-refractivity contribution in [3.63, 3.8) is 0 Å². The van der Waals surface area contributed by atoms with Gasteiger partial charge in [-0.2, -0.15) is 0 Å². The van der Waals surface area contributed by atoms with Crippen LogP contribution in [0, 0.1) is 0 Å². The lowest BCUT2D eigenvalue weighted by molar-refractivity contribution is -0.140. The average Bonchev–Trinajstić information content (AvgIpc) is 3.31. The van der Waals surface area contributed by atoms with Crippen LogP contribution < -0.4 is 10.1 Å².